The number of amides is 2. The first kappa shape index (κ1) is 18.0. The summed E-state index contributed by atoms with van der Waals surface area (Å²) in [5, 5.41) is 2.67. The number of carbonyl (C=O) groups excluding carboxylic acids is 2. The maximum absolute atomic E-state index is 14.0. The van der Waals surface area contributed by atoms with Gasteiger partial charge in [0.25, 0.3) is 5.91 Å². The Bertz CT molecular complexity index is 980. The van der Waals surface area contributed by atoms with Crippen molar-refractivity contribution in [3.8, 4) is 5.75 Å². The third kappa shape index (κ3) is 4.63. The molecule has 7 nitrogen and oxygen atoms in total. The van der Waals surface area contributed by atoms with Crippen molar-refractivity contribution in [1.29, 1.82) is 0 Å². The average Bonchev–Trinajstić information content (AvgIpc) is 2.69. The molecule has 0 aliphatic carbocycles. The van der Waals surface area contributed by atoms with Crippen molar-refractivity contribution in [2.75, 3.05) is 5.32 Å². The highest BCUT2D eigenvalue weighted by molar-refractivity contribution is 6.04. The number of rotatable bonds is 6. The number of primary amides is 1. The summed E-state index contributed by atoms with van der Waals surface area (Å²) in [4.78, 5) is 31.1. The van der Waals surface area contributed by atoms with Gasteiger partial charge in [-0.2, -0.15) is 0 Å². The molecule has 8 heteroatoms. The van der Waals surface area contributed by atoms with Gasteiger partial charge in [-0.05, 0) is 36.4 Å². The van der Waals surface area contributed by atoms with E-state index in [-0.39, 0.29) is 29.4 Å². The standard InChI is InChI=1S/C19H15FN4O3/c20-17-4-3-15(24-19(26)12-2-1-5-22-8-12)6-14(17)11-27-16-7-13(18(21)25)9-23-10-16/h1-10H,11H2,(H2,21,25)(H,24,26). The van der Waals surface area contributed by atoms with Gasteiger partial charge in [-0.25, -0.2) is 4.39 Å². The molecule has 1 aromatic carbocycles. The molecular formula is C19H15FN4O3. The second-order valence-electron chi connectivity index (χ2n) is 5.56. The van der Waals surface area contributed by atoms with Crippen molar-refractivity contribution in [3.63, 3.8) is 0 Å². The number of anilines is 1. The molecule has 0 saturated carbocycles. The lowest BCUT2D eigenvalue weighted by Crippen LogP contribution is -2.13. The van der Waals surface area contributed by atoms with Crippen molar-refractivity contribution < 1.29 is 18.7 Å². The summed E-state index contributed by atoms with van der Waals surface area (Å²) in [7, 11) is 0. The van der Waals surface area contributed by atoms with Crippen LogP contribution in [0.4, 0.5) is 10.1 Å². The zero-order chi connectivity index (χ0) is 19.2. The number of aromatic nitrogens is 2. The van der Waals surface area contributed by atoms with Gasteiger partial charge in [0.15, 0.2) is 0 Å². The van der Waals surface area contributed by atoms with E-state index >= 15 is 0 Å². The van der Waals surface area contributed by atoms with E-state index in [1.54, 1.807) is 18.3 Å². The Hall–Kier alpha value is -3.81. The van der Waals surface area contributed by atoms with Gasteiger partial charge in [0.1, 0.15) is 18.2 Å². The number of nitrogens with one attached hydrogen (secondary N) is 1. The van der Waals surface area contributed by atoms with Gasteiger partial charge in [0.2, 0.25) is 5.91 Å². The van der Waals surface area contributed by atoms with Crippen molar-refractivity contribution in [2.45, 2.75) is 6.61 Å². The number of ether oxygens (including phenoxy) is 1. The largest absolute Gasteiger partial charge is 0.487 e. The first-order chi connectivity index (χ1) is 13.0. The third-order valence-electron chi connectivity index (χ3n) is 3.62. The van der Waals surface area contributed by atoms with Crippen LogP contribution in [0.15, 0.2) is 61.2 Å². The molecule has 0 saturated heterocycles. The Morgan fingerprint density at radius 3 is 2.63 bits per heavy atom. The van der Waals surface area contributed by atoms with Crippen molar-refractivity contribution in [1.82, 2.24) is 9.97 Å². The molecular weight excluding hydrogens is 351 g/mol. The lowest BCUT2D eigenvalue weighted by Gasteiger charge is -2.10. The molecule has 0 aliphatic rings. The Balaban J connectivity index is 1.71. The summed E-state index contributed by atoms with van der Waals surface area (Å²) in [6.07, 6.45) is 5.69. The van der Waals surface area contributed by atoms with Crippen LogP contribution in [0.25, 0.3) is 0 Å². The van der Waals surface area contributed by atoms with Gasteiger partial charge in [0, 0.05) is 29.8 Å². The van der Waals surface area contributed by atoms with E-state index in [0.29, 0.717) is 11.3 Å². The maximum Gasteiger partial charge on any atom is 0.257 e. The minimum absolute atomic E-state index is 0.119. The molecule has 3 rings (SSSR count). The molecule has 2 aromatic heterocycles. The van der Waals surface area contributed by atoms with Gasteiger partial charge in [0.05, 0.1) is 17.3 Å². The number of pyridine rings is 2. The Morgan fingerprint density at radius 1 is 1.07 bits per heavy atom. The zero-order valence-electron chi connectivity index (χ0n) is 14.1. The Kier molecular flexibility index (Phi) is 5.36. The van der Waals surface area contributed by atoms with E-state index in [1.807, 2.05) is 0 Å². The van der Waals surface area contributed by atoms with Crippen molar-refractivity contribution in [2.24, 2.45) is 5.73 Å². The zero-order valence-corrected chi connectivity index (χ0v) is 14.1. The molecule has 3 N–H and O–H groups in total. The molecule has 0 unspecified atom stereocenters. The highest BCUT2D eigenvalue weighted by Gasteiger charge is 2.10. The second kappa shape index (κ2) is 8.05. The molecule has 0 bridgehead atoms. The van der Waals surface area contributed by atoms with E-state index < -0.39 is 11.7 Å². The van der Waals surface area contributed by atoms with Crippen LogP contribution in [0, 0.1) is 5.82 Å². The van der Waals surface area contributed by atoms with Crippen LogP contribution in [0.1, 0.15) is 26.3 Å². The molecule has 0 radical (unpaired) electrons. The number of halogens is 1. The SMILES string of the molecule is NC(=O)c1cncc(OCc2cc(NC(=O)c3cccnc3)ccc2F)c1. The van der Waals surface area contributed by atoms with Gasteiger partial charge in [-0.15, -0.1) is 0 Å². The number of nitrogens with zero attached hydrogens (tertiary/aromatic N) is 2. The molecule has 2 amide bonds. The normalized spacial score (nSPS) is 10.3. The van der Waals surface area contributed by atoms with Crippen LogP contribution in [0.5, 0.6) is 5.75 Å². The smallest absolute Gasteiger partial charge is 0.257 e. The van der Waals surface area contributed by atoms with E-state index in [9.17, 15) is 14.0 Å². The molecule has 0 atom stereocenters. The number of hydrogen-bond donors (Lipinski definition) is 2. The fraction of sp³-hybridized carbons (Fsp3) is 0.0526. The quantitative estimate of drug-likeness (QED) is 0.697. The summed E-state index contributed by atoms with van der Waals surface area (Å²) in [5.74, 6) is -1.22. The molecule has 3 aromatic rings. The van der Waals surface area contributed by atoms with Crippen LogP contribution >= 0.6 is 0 Å². The monoisotopic (exact) mass is 366 g/mol. The van der Waals surface area contributed by atoms with E-state index in [0.717, 1.165) is 0 Å². The minimum atomic E-state index is -0.640. The fourth-order valence-corrected chi connectivity index (χ4v) is 2.26. The summed E-state index contributed by atoms with van der Waals surface area (Å²) < 4.78 is 19.5. The summed E-state index contributed by atoms with van der Waals surface area (Å²) in [5.41, 5.74) is 6.39. The fourth-order valence-electron chi connectivity index (χ4n) is 2.26. The van der Waals surface area contributed by atoms with E-state index in [2.05, 4.69) is 15.3 Å². The van der Waals surface area contributed by atoms with E-state index in [4.69, 9.17) is 10.5 Å². The average molecular weight is 366 g/mol. The Labute approximate surface area is 154 Å². The molecule has 0 aliphatic heterocycles. The van der Waals surface area contributed by atoms with E-state index in [1.165, 1.54) is 42.9 Å². The van der Waals surface area contributed by atoms with Gasteiger partial charge in [-0.3, -0.25) is 19.6 Å². The lowest BCUT2D eigenvalue weighted by atomic mass is 10.2. The van der Waals surface area contributed by atoms with Gasteiger partial charge >= 0.3 is 0 Å². The topological polar surface area (TPSA) is 107 Å². The molecule has 136 valence electrons. The molecule has 27 heavy (non-hydrogen) atoms. The van der Waals surface area contributed by atoms with Crippen LogP contribution in [0.3, 0.4) is 0 Å². The third-order valence-corrected chi connectivity index (χ3v) is 3.62. The van der Waals surface area contributed by atoms with Crippen LogP contribution in [-0.4, -0.2) is 21.8 Å². The van der Waals surface area contributed by atoms with Crippen molar-refractivity contribution in [3.05, 3.63) is 83.7 Å². The first-order valence-corrected chi connectivity index (χ1v) is 7.90. The first-order valence-electron chi connectivity index (χ1n) is 7.90. The molecule has 2 heterocycles. The number of benzene rings is 1. The van der Waals surface area contributed by atoms with Crippen LogP contribution in [0.2, 0.25) is 0 Å². The predicted octanol–water partition coefficient (Wildman–Crippen LogP) is 2.55. The van der Waals surface area contributed by atoms with Gasteiger partial charge < -0.3 is 15.8 Å². The van der Waals surface area contributed by atoms with Crippen LogP contribution in [-0.2, 0) is 6.61 Å². The van der Waals surface area contributed by atoms with Gasteiger partial charge in [-0.1, -0.05) is 0 Å². The Morgan fingerprint density at radius 2 is 1.89 bits per heavy atom. The number of carbonyl (C=O) groups is 2. The van der Waals surface area contributed by atoms with Crippen LogP contribution < -0.4 is 15.8 Å². The molecule has 0 spiro atoms. The lowest BCUT2D eigenvalue weighted by molar-refractivity contribution is 0.0996. The summed E-state index contributed by atoms with van der Waals surface area (Å²) in [6.45, 7) is -0.119. The summed E-state index contributed by atoms with van der Waals surface area (Å²) in [6, 6.07) is 8.83. The highest BCUT2D eigenvalue weighted by Crippen LogP contribution is 2.19. The highest BCUT2D eigenvalue weighted by atomic mass is 19.1. The summed E-state index contributed by atoms with van der Waals surface area (Å²) >= 11 is 0. The number of nitrogens with two attached hydrogens (primary N) is 1. The maximum atomic E-state index is 14.0. The molecule has 0 fully saturated rings. The minimum Gasteiger partial charge on any atom is -0.487 e. The predicted molar refractivity (Wildman–Crippen MR) is 95.7 cm³/mol. The second-order valence-corrected chi connectivity index (χ2v) is 5.56. The number of hydrogen-bond acceptors (Lipinski definition) is 5. The van der Waals surface area contributed by atoms with Crippen molar-refractivity contribution >= 4 is 17.5 Å².